The smallest absolute Gasteiger partial charge is 0.265 e. The van der Waals surface area contributed by atoms with Crippen molar-refractivity contribution in [1.29, 1.82) is 0 Å². The minimum absolute atomic E-state index is 0.113. The molecule has 4 nitrogen and oxygen atoms in total. The van der Waals surface area contributed by atoms with Crippen LogP contribution >= 0.6 is 11.3 Å². The van der Waals surface area contributed by atoms with Crippen molar-refractivity contribution in [3.05, 3.63) is 46.2 Å². The van der Waals surface area contributed by atoms with Crippen LogP contribution in [0.25, 0.3) is 0 Å². The van der Waals surface area contributed by atoms with Crippen LogP contribution in [-0.4, -0.2) is 18.4 Å². The second-order valence-electron chi connectivity index (χ2n) is 5.14. The number of rotatable bonds is 3. The number of aryl methyl sites for hydroxylation is 1. The van der Waals surface area contributed by atoms with E-state index in [0.29, 0.717) is 17.0 Å². The number of hydrogen-bond donors (Lipinski definition) is 1. The lowest BCUT2D eigenvalue weighted by atomic mass is 10.2. The van der Waals surface area contributed by atoms with Gasteiger partial charge in [0.2, 0.25) is 5.91 Å². The second-order valence-corrected chi connectivity index (χ2v) is 6.05. The molecule has 1 aliphatic heterocycles. The molecule has 21 heavy (non-hydrogen) atoms. The van der Waals surface area contributed by atoms with Crippen molar-refractivity contribution in [2.45, 2.75) is 19.8 Å². The molecule has 108 valence electrons. The van der Waals surface area contributed by atoms with Gasteiger partial charge in [0, 0.05) is 24.3 Å². The highest BCUT2D eigenvalue weighted by Crippen LogP contribution is 2.25. The van der Waals surface area contributed by atoms with E-state index >= 15 is 0 Å². The number of amides is 2. The van der Waals surface area contributed by atoms with Gasteiger partial charge in [-0.2, -0.15) is 0 Å². The maximum atomic E-state index is 12.1. The molecule has 0 bridgehead atoms. The third-order valence-corrected chi connectivity index (χ3v) is 4.49. The highest BCUT2D eigenvalue weighted by molar-refractivity contribution is 7.12. The van der Waals surface area contributed by atoms with Crippen LogP contribution in [0.3, 0.4) is 0 Å². The Kier molecular flexibility index (Phi) is 3.75. The van der Waals surface area contributed by atoms with Gasteiger partial charge in [0.15, 0.2) is 0 Å². The Morgan fingerprint density at radius 3 is 2.86 bits per heavy atom. The Morgan fingerprint density at radius 2 is 2.19 bits per heavy atom. The fourth-order valence-corrected chi connectivity index (χ4v) is 3.21. The molecule has 2 aromatic rings. The van der Waals surface area contributed by atoms with Crippen LogP contribution in [0.1, 0.15) is 28.1 Å². The van der Waals surface area contributed by atoms with Crippen molar-refractivity contribution in [3.8, 4) is 0 Å². The zero-order valence-corrected chi connectivity index (χ0v) is 12.6. The summed E-state index contributed by atoms with van der Waals surface area (Å²) in [4.78, 5) is 26.4. The van der Waals surface area contributed by atoms with Gasteiger partial charge >= 0.3 is 0 Å². The van der Waals surface area contributed by atoms with E-state index in [1.165, 1.54) is 11.3 Å². The lowest BCUT2D eigenvalue weighted by Gasteiger charge is -2.16. The molecule has 5 heteroatoms. The molecule has 1 aromatic carbocycles. The lowest BCUT2D eigenvalue weighted by molar-refractivity contribution is -0.117. The van der Waals surface area contributed by atoms with E-state index in [9.17, 15) is 9.59 Å². The SMILES string of the molecule is Cc1csc(C(=O)Nc2cccc(N3CCCC3=O)c2)c1. The van der Waals surface area contributed by atoms with Crippen LogP contribution in [0.15, 0.2) is 35.7 Å². The Morgan fingerprint density at radius 1 is 1.33 bits per heavy atom. The van der Waals surface area contributed by atoms with Gasteiger partial charge in [0.05, 0.1) is 4.88 Å². The molecule has 1 fully saturated rings. The van der Waals surface area contributed by atoms with Gasteiger partial charge in [-0.25, -0.2) is 0 Å². The highest BCUT2D eigenvalue weighted by Gasteiger charge is 2.21. The molecular weight excluding hydrogens is 284 g/mol. The van der Waals surface area contributed by atoms with E-state index in [1.807, 2.05) is 42.6 Å². The highest BCUT2D eigenvalue weighted by atomic mass is 32.1. The molecule has 0 aliphatic carbocycles. The van der Waals surface area contributed by atoms with Gasteiger partial charge in [0.1, 0.15) is 0 Å². The summed E-state index contributed by atoms with van der Waals surface area (Å²) in [6, 6.07) is 9.31. The molecule has 1 aliphatic rings. The first-order valence-electron chi connectivity index (χ1n) is 6.90. The van der Waals surface area contributed by atoms with E-state index in [-0.39, 0.29) is 11.8 Å². The van der Waals surface area contributed by atoms with Crippen molar-refractivity contribution in [3.63, 3.8) is 0 Å². The molecule has 0 unspecified atom stereocenters. The number of thiophene rings is 1. The monoisotopic (exact) mass is 300 g/mol. The normalized spacial score (nSPS) is 14.5. The number of anilines is 2. The Balaban J connectivity index is 1.77. The van der Waals surface area contributed by atoms with Gasteiger partial charge in [-0.05, 0) is 48.6 Å². The fraction of sp³-hybridized carbons (Fsp3) is 0.250. The number of nitrogens with one attached hydrogen (secondary N) is 1. The number of carbonyl (C=O) groups is 2. The Bertz CT molecular complexity index is 693. The van der Waals surface area contributed by atoms with Gasteiger partial charge < -0.3 is 10.2 Å². The molecule has 2 heterocycles. The maximum Gasteiger partial charge on any atom is 0.265 e. The average molecular weight is 300 g/mol. The van der Waals surface area contributed by atoms with E-state index in [0.717, 1.165) is 24.2 Å². The zero-order chi connectivity index (χ0) is 14.8. The topological polar surface area (TPSA) is 49.4 Å². The average Bonchev–Trinajstić information content (AvgIpc) is 3.08. The molecule has 0 atom stereocenters. The number of benzene rings is 1. The maximum absolute atomic E-state index is 12.1. The summed E-state index contributed by atoms with van der Waals surface area (Å²) in [6.07, 6.45) is 1.49. The summed E-state index contributed by atoms with van der Waals surface area (Å²) in [7, 11) is 0. The van der Waals surface area contributed by atoms with Crippen LogP contribution in [0.5, 0.6) is 0 Å². The third kappa shape index (κ3) is 2.97. The minimum atomic E-state index is -0.113. The molecule has 1 saturated heterocycles. The first-order valence-corrected chi connectivity index (χ1v) is 7.78. The largest absolute Gasteiger partial charge is 0.321 e. The van der Waals surface area contributed by atoms with Crippen LogP contribution < -0.4 is 10.2 Å². The van der Waals surface area contributed by atoms with Crippen LogP contribution in [0, 0.1) is 6.92 Å². The molecule has 1 N–H and O–H groups in total. The van der Waals surface area contributed by atoms with Gasteiger partial charge in [-0.3, -0.25) is 9.59 Å². The first kappa shape index (κ1) is 13.8. The Hall–Kier alpha value is -2.14. The second kappa shape index (κ2) is 5.69. The summed E-state index contributed by atoms with van der Waals surface area (Å²) in [5.41, 5.74) is 2.64. The van der Waals surface area contributed by atoms with Gasteiger partial charge in [-0.1, -0.05) is 6.07 Å². The standard InChI is InChI=1S/C16H16N2O2S/c1-11-8-14(21-10-11)16(20)17-12-4-2-5-13(9-12)18-7-3-6-15(18)19/h2,4-5,8-10H,3,6-7H2,1H3,(H,17,20). The van der Waals surface area contributed by atoms with E-state index in [4.69, 9.17) is 0 Å². The van der Waals surface area contributed by atoms with E-state index < -0.39 is 0 Å². The molecule has 1 aromatic heterocycles. The molecule has 0 radical (unpaired) electrons. The molecule has 2 amide bonds. The zero-order valence-electron chi connectivity index (χ0n) is 11.8. The summed E-state index contributed by atoms with van der Waals surface area (Å²) in [5.74, 6) is 0.0327. The van der Waals surface area contributed by atoms with Crippen LogP contribution in [0.2, 0.25) is 0 Å². The molecule has 3 rings (SSSR count). The number of hydrogen-bond acceptors (Lipinski definition) is 3. The van der Waals surface area contributed by atoms with E-state index in [2.05, 4.69) is 5.32 Å². The number of carbonyl (C=O) groups excluding carboxylic acids is 2. The summed E-state index contributed by atoms with van der Waals surface area (Å²) in [6.45, 7) is 2.72. The fourth-order valence-electron chi connectivity index (χ4n) is 2.42. The van der Waals surface area contributed by atoms with E-state index in [1.54, 1.807) is 4.90 Å². The third-order valence-electron chi connectivity index (χ3n) is 3.44. The van der Waals surface area contributed by atoms with Gasteiger partial charge in [0.25, 0.3) is 5.91 Å². The quantitative estimate of drug-likeness (QED) is 0.944. The minimum Gasteiger partial charge on any atom is -0.321 e. The van der Waals surface area contributed by atoms with Crippen molar-refractivity contribution in [2.24, 2.45) is 0 Å². The van der Waals surface area contributed by atoms with Crippen molar-refractivity contribution in [2.75, 3.05) is 16.8 Å². The number of nitrogens with zero attached hydrogens (tertiary/aromatic N) is 1. The predicted octanol–water partition coefficient (Wildman–Crippen LogP) is 3.44. The predicted molar refractivity (Wildman–Crippen MR) is 85.0 cm³/mol. The van der Waals surface area contributed by atoms with Gasteiger partial charge in [-0.15, -0.1) is 11.3 Å². The van der Waals surface area contributed by atoms with Crippen LogP contribution in [-0.2, 0) is 4.79 Å². The summed E-state index contributed by atoms with van der Waals surface area (Å²) < 4.78 is 0. The summed E-state index contributed by atoms with van der Waals surface area (Å²) >= 11 is 1.43. The van der Waals surface area contributed by atoms with Crippen molar-refractivity contribution < 1.29 is 9.59 Å². The molecule has 0 saturated carbocycles. The lowest BCUT2D eigenvalue weighted by Crippen LogP contribution is -2.23. The first-order chi connectivity index (χ1) is 10.1. The molecule has 0 spiro atoms. The van der Waals surface area contributed by atoms with Crippen molar-refractivity contribution in [1.82, 2.24) is 0 Å². The van der Waals surface area contributed by atoms with Crippen LogP contribution in [0.4, 0.5) is 11.4 Å². The molecular formula is C16H16N2O2S. The Labute approximate surface area is 127 Å². The van der Waals surface area contributed by atoms with Crippen molar-refractivity contribution >= 4 is 34.5 Å². The summed E-state index contributed by atoms with van der Waals surface area (Å²) in [5, 5.41) is 4.84.